The maximum atomic E-state index is 13.0. The van der Waals surface area contributed by atoms with Crippen molar-refractivity contribution in [3.05, 3.63) is 48.4 Å². The Balaban J connectivity index is 1.51. The Hall–Kier alpha value is -3.16. The normalized spacial score (nSPS) is 16.8. The van der Waals surface area contributed by atoms with Gasteiger partial charge in [-0.2, -0.15) is 4.98 Å². The van der Waals surface area contributed by atoms with E-state index in [-0.39, 0.29) is 11.8 Å². The third-order valence-corrected chi connectivity index (χ3v) is 5.22. The van der Waals surface area contributed by atoms with Gasteiger partial charge in [0.15, 0.2) is 0 Å². The van der Waals surface area contributed by atoms with Crippen LogP contribution in [0.5, 0.6) is 0 Å². The zero-order valence-corrected chi connectivity index (χ0v) is 16.7. The number of aromatic nitrogens is 3. The van der Waals surface area contributed by atoms with E-state index in [2.05, 4.69) is 20.0 Å². The van der Waals surface area contributed by atoms with Crippen molar-refractivity contribution in [3.8, 4) is 11.4 Å². The van der Waals surface area contributed by atoms with E-state index in [9.17, 15) is 4.79 Å². The van der Waals surface area contributed by atoms with Gasteiger partial charge in [-0.1, -0.05) is 12.1 Å². The SMILES string of the molecule is CCc1nc(-c2cccnc2N2CCC[C@@H](C(=O)N(C)Cc3ccco3)C2)no1. The molecule has 1 aliphatic rings. The van der Waals surface area contributed by atoms with Gasteiger partial charge in [0, 0.05) is 32.8 Å². The second-order valence-electron chi connectivity index (χ2n) is 7.30. The molecule has 0 unspecified atom stereocenters. The predicted octanol–water partition coefficient (Wildman–Crippen LogP) is 3.16. The minimum absolute atomic E-state index is 0.0879. The van der Waals surface area contributed by atoms with Crippen LogP contribution >= 0.6 is 0 Å². The third kappa shape index (κ3) is 4.16. The molecule has 3 aromatic heterocycles. The first kappa shape index (κ1) is 19.2. The summed E-state index contributed by atoms with van der Waals surface area (Å²) in [4.78, 5) is 25.9. The van der Waals surface area contributed by atoms with Crippen LogP contribution in [0.25, 0.3) is 11.4 Å². The molecule has 1 aliphatic heterocycles. The topological polar surface area (TPSA) is 88.5 Å². The predicted molar refractivity (Wildman–Crippen MR) is 107 cm³/mol. The number of carbonyl (C=O) groups excluding carboxylic acids is 1. The molecule has 0 aromatic carbocycles. The van der Waals surface area contributed by atoms with Crippen molar-refractivity contribution in [2.45, 2.75) is 32.7 Å². The number of pyridine rings is 1. The number of hydrogen-bond donors (Lipinski definition) is 0. The lowest BCUT2D eigenvalue weighted by molar-refractivity contribution is -0.135. The lowest BCUT2D eigenvalue weighted by Crippen LogP contribution is -2.44. The number of anilines is 1. The van der Waals surface area contributed by atoms with Gasteiger partial charge in [0.25, 0.3) is 0 Å². The maximum Gasteiger partial charge on any atom is 0.227 e. The highest BCUT2D eigenvalue weighted by Crippen LogP contribution is 2.30. The van der Waals surface area contributed by atoms with Crippen LogP contribution in [0.1, 0.15) is 31.4 Å². The first-order valence-corrected chi connectivity index (χ1v) is 9.96. The van der Waals surface area contributed by atoms with Gasteiger partial charge < -0.3 is 18.7 Å². The quantitative estimate of drug-likeness (QED) is 0.633. The molecule has 4 rings (SSSR count). The lowest BCUT2D eigenvalue weighted by Gasteiger charge is -2.35. The molecule has 0 spiro atoms. The number of amides is 1. The molecule has 29 heavy (non-hydrogen) atoms. The molecule has 0 N–H and O–H groups in total. The molecule has 1 amide bonds. The summed E-state index contributed by atoms with van der Waals surface area (Å²) in [6.45, 7) is 3.90. The highest BCUT2D eigenvalue weighted by molar-refractivity contribution is 5.80. The molecule has 8 nitrogen and oxygen atoms in total. The Morgan fingerprint density at radius 2 is 2.24 bits per heavy atom. The summed E-state index contributed by atoms with van der Waals surface area (Å²) in [5.74, 6) is 2.74. The highest BCUT2D eigenvalue weighted by Gasteiger charge is 2.30. The molecule has 0 saturated carbocycles. The van der Waals surface area contributed by atoms with Crippen LogP contribution in [0.4, 0.5) is 5.82 Å². The average Bonchev–Trinajstić information content (AvgIpc) is 3.45. The summed E-state index contributed by atoms with van der Waals surface area (Å²) in [6.07, 6.45) is 5.86. The Labute approximate surface area is 169 Å². The number of hydrogen-bond acceptors (Lipinski definition) is 7. The molecule has 0 radical (unpaired) electrons. The fraction of sp³-hybridized carbons (Fsp3) is 0.429. The summed E-state index contributed by atoms with van der Waals surface area (Å²) in [6, 6.07) is 7.53. The van der Waals surface area contributed by atoms with E-state index < -0.39 is 0 Å². The number of furan rings is 1. The van der Waals surface area contributed by atoms with Gasteiger partial charge in [-0.05, 0) is 37.1 Å². The molecule has 4 heterocycles. The fourth-order valence-electron chi connectivity index (χ4n) is 3.73. The van der Waals surface area contributed by atoms with E-state index in [0.717, 1.165) is 36.5 Å². The third-order valence-electron chi connectivity index (χ3n) is 5.22. The first-order chi connectivity index (χ1) is 14.2. The Morgan fingerprint density at radius 3 is 3.00 bits per heavy atom. The number of piperidine rings is 1. The van der Waals surface area contributed by atoms with E-state index in [1.807, 2.05) is 38.2 Å². The van der Waals surface area contributed by atoms with E-state index in [4.69, 9.17) is 8.94 Å². The summed E-state index contributed by atoms with van der Waals surface area (Å²) in [5, 5.41) is 4.10. The molecule has 8 heteroatoms. The van der Waals surface area contributed by atoms with Gasteiger partial charge in [0.1, 0.15) is 11.6 Å². The standard InChI is InChI=1S/C21H25N5O3/c1-3-18-23-19(24-29-18)17-9-4-10-22-20(17)26-11-5-7-15(13-26)21(27)25(2)14-16-8-6-12-28-16/h4,6,8-10,12,15H,3,5,7,11,13-14H2,1-2H3/t15-/m1/s1. The van der Waals surface area contributed by atoms with Crippen LogP contribution in [0, 0.1) is 5.92 Å². The van der Waals surface area contributed by atoms with Crippen LogP contribution < -0.4 is 4.90 Å². The van der Waals surface area contributed by atoms with Crippen molar-refractivity contribution in [1.29, 1.82) is 0 Å². The van der Waals surface area contributed by atoms with E-state index in [1.54, 1.807) is 17.4 Å². The average molecular weight is 395 g/mol. The first-order valence-electron chi connectivity index (χ1n) is 9.96. The molecule has 1 atom stereocenters. The summed E-state index contributed by atoms with van der Waals surface area (Å²) in [7, 11) is 1.82. The number of carbonyl (C=O) groups is 1. The molecule has 152 valence electrons. The van der Waals surface area contributed by atoms with Crippen LogP contribution in [0.15, 0.2) is 45.7 Å². The van der Waals surface area contributed by atoms with Gasteiger partial charge in [-0.3, -0.25) is 4.79 Å². The van der Waals surface area contributed by atoms with E-state index in [1.165, 1.54) is 0 Å². The molecule has 3 aromatic rings. The van der Waals surface area contributed by atoms with Crippen LogP contribution in [-0.2, 0) is 17.8 Å². The zero-order valence-electron chi connectivity index (χ0n) is 16.7. The van der Waals surface area contributed by atoms with Crippen LogP contribution in [-0.4, -0.2) is 46.1 Å². The van der Waals surface area contributed by atoms with Gasteiger partial charge in [0.2, 0.25) is 17.6 Å². The van der Waals surface area contributed by atoms with E-state index in [0.29, 0.717) is 31.2 Å². The number of rotatable bonds is 6. The Bertz CT molecular complexity index is 953. The second-order valence-corrected chi connectivity index (χ2v) is 7.30. The second kappa shape index (κ2) is 8.46. The smallest absolute Gasteiger partial charge is 0.227 e. The largest absolute Gasteiger partial charge is 0.467 e. The maximum absolute atomic E-state index is 13.0. The zero-order chi connectivity index (χ0) is 20.2. The van der Waals surface area contributed by atoms with Gasteiger partial charge in [-0.25, -0.2) is 4.98 Å². The summed E-state index contributed by atoms with van der Waals surface area (Å²) in [5.41, 5.74) is 0.827. The molecule has 1 fully saturated rings. The highest BCUT2D eigenvalue weighted by atomic mass is 16.5. The molecule has 0 bridgehead atoms. The summed E-state index contributed by atoms with van der Waals surface area (Å²) >= 11 is 0. The van der Waals surface area contributed by atoms with E-state index >= 15 is 0 Å². The van der Waals surface area contributed by atoms with Crippen molar-refractivity contribution in [3.63, 3.8) is 0 Å². The monoisotopic (exact) mass is 395 g/mol. The van der Waals surface area contributed by atoms with Crippen LogP contribution in [0.3, 0.4) is 0 Å². The molecular weight excluding hydrogens is 370 g/mol. The Kier molecular flexibility index (Phi) is 5.59. The van der Waals surface area contributed by atoms with Crippen molar-refractivity contribution < 1.29 is 13.7 Å². The molecule has 0 aliphatic carbocycles. The van der Waals surface area contributed by atoms with Crippen molar-refractivity contribution >= 4 is 11.7 Å². The van der Waals surface area contributed by atoms with Gasteiger partial charge in [-0.15, -0.1) is 0 Å². The Morgan fingerprint density at radius 1 is 1.34 bits per heavy atom. The summed E-state index contributed by atoms with van der Waals surface area (Å²) < 4.78 is 10.6. The van der Waals surface area contributed by atoms with Gasteiger partial charge in [0.05, 0.1) is 24.3 Å². The number of nitrogens with zero attached hydrogens (tertiary/aromatic N) is 5. The lowest BCUT2D eigenvalue weighted by atomic mass is 9.96. The minimum atomic E-state index is -0.0879. The van der Waals surface area contributed by atoms with Crippen LogP contribution in [0.2, 0.25) is 0 Å². The fourth-order valence-corrected chi connectivity index (χ4v) is 3.73. The minimum Gasteiger partial charge on any atom is -0.467 e. The van der Waals surface area contributed by atoms with Crippen molar-refractivity contribution in [1.82, 2.24) is 20.0 Å². The van der Waals surface area contributed by atoms with Crippen molar-refractivity contribution in [2.24, 2.45) is 5.92 Å². The molecular formula is C21H25N5O3. The van der Waals surface area contributed by atoms with Crippen molar-refractivity contribution in [2.75, 3.05) is 25.0 Å². The molecule has 1 saturated heterocycles. The van der Waals surface area contributed by atoms with Gasteiger partial charge >= 0.3 is 0 Å². The number of aryl methyl sites for hydroxylation is 1.